The predicted octanol–water partition coefficient (Wildman–Crippen LogP) is 1.00. The Kier molecular flexibility index (Phi) is 3.40. The van der Waals surface area contributed by atoms with Crippen molar-refractivity contribution in [2.24, 2.45) is 10.7 Å². The molecule has 2 unspecified atom stereocenters. The maximum absolute atomic E-state index is 10.2. The molecule has 1 heterocycles. The summed E-state index contributed by atoms with van der Waals surface area (Å²) in [5.74, 6) is 0. The summed E-state index contributed by atoms with van der Waals surface area (Å²) in [6.45, 7) is 2.44. The van der Waals surface area contributed by atoms with Crippen LogP contribution in [0.4, 0.5) is 4.79 Å². The van der Waals surface area contributed by atoms with E-state index >= 15 is 0 Å². The van der Waals surface area contributed by atoms with E-state index in [0.29, 0.717) is 17.9 Å². The maximum Gasteiger partial charge on any atom is 0.404 e. The van der Waals surface area contributed by atoms with Crippen LogP contribution in [0.5, 0.6) is 0 Å². The SMILES string of the molecule is CC1N=CSC1CCOC(N)=O. The maximum atomic E-state index is 10.2. The molecule has 4 nitrogen and oxygen atoms in total. The highest BCUT2D eigenvalue weighted by molar-refractivity contribution is 8.12. The lowest BCUT2D eigenvalue weighted by molar-refractivity contribution is 0.154. The zero-order chi connectivity index (χ0) is 8.97. The molecule has 68 valence electrons. The molecule has 0 spiro atoms. The van der Waals surface area contributed by atoms with Gasteiger partial charge in [0.1, 0.15) is 0 Å². The van der Waals surface area contributed by atoms with E-state index in [1.165, 1.54) is 0 Å². The van der Waals surface area contributed by atoms with Gasteiger partial charge in [-0.1, -0.05) is 0 Å². The minimum absolute atomic E-state index is 0.325. The second-order valence-corrected chi connectivity index (χ2v) is 3.71. The summed E-state index contributed by atoms with van der Waals surface area (Å²) < 4.78 is 4.62. The number of thioether (sulfide) groups is 1. The molecule has 0 saturated heterocycles. The highest BCUT2D eigenvalue weighted by Gasteiger charge is 2.20. The Morgan fingerprint density at radius 3 is 3.08 bits per heavy atom. The molecule has 1 aliphatic rings. The van der Waals surface area contributed by atoms with Gasteiger partial charge in [-0.15, -0.1) is 11.8 Å². The van der Waals surface area contributed by atoms with Crippen LogP contribution in [-0.2, 0) is 4.74 Å². The summed E-state index contributed by atoms with van der Waals surface area (Å²) in [7, 11) is 0. The van der Waals surface area contributed by atoms with Crippen molar-refractivity contribution >= 4 is 23.4 Å². The van der Waals surface area contributed by atoms with Gasteiger partial charge in [0, 0.05) is 5.25 Å². The summed E-state index contributed by atoms with van der Waals surface area (Å²) in [5.41, 5.74) is 6.66. The summed E-state index contributed by atoms with van der Waals surface area (Å²) in [6.07, 6.45) is 0.112. The Labute approximate surface area is 75.6 Å². The Balaban J connectivity index is 2.12. The Morgan fingerprint density at radius 1 is 1.83 bits per heavy atom. The van der Waals surface area contributed by atoms with Crippen LogP contribution in [0.15, 0.2) is 4.99 Å². The van der Waals surface area contributed by atoms with Gasteiger partial charge in [-0.05, 0) is 13.3 Å². The highest BCUT2D eigenvalue weighted by Crippen LogP contribution is 2.24. The van der Waals surface area contributed by atoms with E-state index in [-0.39, 0.29) is 0 Å². The fourth-order valence-electron chi connectivity index (χ4n) is 1.00. The van der Waals surface area contributed by atoms with Crippen LogP contribution < -0.4 is 5.73 Å². The normalized spacial score (nSPS) is 27.4. The highest BCUT2D eigenvalue weighted by atomic mass is 32.2. The van der Waals surface area contributed by atoms with Crippen molar-refractivity contribution in [2.45, 2.75) is 24.6 Å². The molecule has 1 aliphatic heterocycles. The monoisotopic (exact) mass is 188 g/mol. The summed E-state index contributed by atoms with van der Waals surface area (Å²) in [4.78, 5) is 14.4. The van der Waals surface area contributed by atoms with E-state index in [0.717, 1.165) is 6.42 Å². The second-order valence-electron chi connectivity index (χ2n) is 2.63. The van der Waals surface area contributed by atoms with Gasteiger partial charge in [0.2, 0.25) is 0 Å². The first-order chi connectivity index (χ1) is 5.70. The molecule has 5 heteroatoms. The number of hydrogen-bond acceptors (Lipinski definition) is 4. The van der Waals surface area contributed by atoms with E-state index in [1.807, 2.05) is 12.5 Å². The first-order valence-corrected chi connectivity index (χ1v) is 4.74. The van der Waals surface area contributed by atoms with Gasteiger partial charge in [0.15, 0.2) is 0 Å². The van der Waals surface area contributed by atoms with Crippen molar-refractivity contribution in [3.05, 3.63) is 0 Å². The largest absolute Gasteiger partial charge is 0.450 e. The average Bonchev–Trinajstić information content (AvgIpc) is 2.36. The second kappa shape index (κ2) is 4.35. The third-order valence-corrected chi connectivity index (χ3v) is 2.94. The minimum Gasteiger partial charge on any atom is -0.450 e. The van der Waals surface area contributed by atoms with E-state index in [9.17, 15) is 4.79 Å². The third-order valence-electron chi connectivity index (χ3n) is 1.72. The third kappa shape index (κ3) is 2.73. The van der Waals surface area contributed by atoms with E-state index < -0.39 is 6.09 Å². The van der Waals surface area contributed by atoms with Crippen molar-refractivity contribution in [3.8, 4) is 0 Å². The Morgan fingerprint density at radius 2 is 2.58 bits per heavy atom. The van der Waals surface area contributed by atoms with Crippen molar-refractivity contribution in [1.82, 2.24) is 0 Å². The Bertz CT molecular complexity index is 196. The lowest BCUT2D eigenvalue weighted by Gasteiger charge is -2.11. The molecule has 0 radical (unpaired) electrons. The fraction of sp³-hybridized carbons (Fsp3) is 0.714. The molecule has 0 aromatic rings. The lowest BCUT2D eigenvalue weighted by Crippen LogP contribution is -2.19. The van der Waals surface area contributed by atoms with Crippen molar-refractivity contribution < 1.29 is 9.53 Å². The minimum atomic E-state index is -0.702. The molecule has 0 aromatic carbocycles. The Hall–Kier alpha value is -0.710. The van der Waals surface area contributed by atoms with Gasteiger partial charge in [-0.3, -0.25) is 4.99 Å². The van der Waals surface area contributed by atoms with Crippen LogP contribution in [0, 0.1) is 0 Å². The van der Waals surface area contributed by atoms with Gasteiger partial charge >= 0.3 is 6.09 Å². The van der Waals surface area contributed by atoms with Crippen molar-refractivity contribution in [2.75, 3.05) is 6.61 Å². The molecule has 1 rings (SSSR count). The average molecular weight is 188 g/mol. The van der Waals surface area contributed by atoms with Crippen LogP contribution >= 0.6 is 11.8 Å². The first kappa shape index (κ1) is 9.38. The number of carbonyl (C=O) groups is 1. The van der Waals surface area contributed by atoms with E-state index in [2.05, 4.69) is 9.73 Å². The molecule has 0 aromatic heterocycles. The molecule has 2 N–H and O–H groups in total. The van der Waals surface area contributed by atoms with Gasteiger partial charge < -0.3 is 10.5 Å². The van der Waals surface area contributed by atoms with Crippen LogP contribution in [0.1, 0.15) is 13.3 Å². The topological polar surface area (TPSA) is 64.7 Å². The zero-order valence-corrected chi connectivity index (χ0v) is 7.71. The predicted molar refractivity (Wildman–Crippen MR) is 49.5 cm³/mol. The van der Waals surface area contributed by atoms with Crippen LogP contribution in [0.3, 0.4) is 0 Å². The number of nitrogens with zero attached hydrogens (tertiary/aromatic N) is 1. The summed E-state index contributed by atoms with van der Waals surface area (Å²) in [6, 6.07) is 0.325. The number of ether oxygens (including phenoxy) is 1. The quantitative estimate of drug-likeness (QED) is 0.718. The van der Waals surface area contributed by atoms with Crippen LogP contribution in [-0.4, -0.2) is 29.5 Å². The van der Waals surface area contributed by atoms with Gasteiger partial charge in [-0.25, -0.2) is 4.79 Å². The molecule has 0 aliphatic carbocycles. The number of primary amides is 1. The lowest BCUT2D eigenvalue weighted by atomic mass is 10.2. The molecular formula is C7H12N2O2S. The van der Waals surface area contributed by atoms with Gasteiger partial charge in [0.05, 0.1) is 18.2 Å². The molecule has 0 bridgehead atoms. The number of nitrogens with two attached hydrogens (primary N) is 1. The molecule has 1 amide bonds. The number of amides is 1. The number of hydrogen-bond donors (Lipinski definition) is 1. The van der Waals surface area contributed by atoms with Crippen molar-refractivity contribution in [1.29, 1.82) is 0 Å². The van der Waals surface area contributed by atoms with Crippen LogP contribution in [0.2, 0.25) is 0 Å². The van der Waals surface area contributed by atoms with Gasteiger partial charge in [-0.2, -0.15) is 0 Å². The zero-order valence-electron chi connectivity index (χ0n) is 6.90. The standard InChI is InChI=1S/C7H12N2O2S/c1-5-6(12-4-9-5)2-3-11-7(8)10/h4-6H,2-3H2,1H3,(H2,8,10). The fourth-order valence-corrected chi connectivity index (χ4v) is 1.95. The number of aliphatic imine (C=N–C) groups is 1. The number of rotatable bonds is 3. The number of carbonyl (C=O) groups excluding carboxylic acids is 1. The van der Waals surface area contributed by atoms with E-state index in [1.54, 1.807) is 11.8 Å². The molecular weight excluding hydrogens is 176 g/mol. The molecule has 2 atom stereocenters. The molecule has 0 fully saturated rings. The summed E-state index contributed by atoms with van der Waals surface area (Å²) >= 11 is 1.68. The van der Waals surface area contributed by atoms with Gasteiger partial charge in [0.25, 0.3) is 0 Å². The smallest absolute Gasteiger partial charge is 0.404 e. The van der Waals surface area contributed by atoms with E-state index in [4.69, 9.17) is 5.73 Å². The van der Waals surface area contributed by atoms with Crippen LogP contribution in [0.25, 0.3) is 0 Å². The van der Waals surface area contributed by atoms with Crippen molar-refractivity contribution in [3.63, 3.8) is 0 Å². The summed E-state index contributed by atoms with van der Waals surface area (Å²) in [5, 5.41) is 0.435. The molecule has 0 saturated carbocycles. The molecule has 12 heavy (non-hydrogen) atoms. The first-order valence-electron chi connectivity index (χ1n) is 3.79.